The lowest BCUT2D eigenvalue weighted by molar-refractivity contribution is 0.102. The van der Waals surface area contributed by atoms with Crippen LogP contribution in [0.3, 0.4) is 0 Å². The van der Waals surface area contributed by atoms with E-state index in [4.69, 9.17) is 0 Å². The molecule has 0 saturated carbocycles. The van der Waals surface area contributed by atoms with Gasteiger partial charge in [-0.05, 0) is 36.8 Å². The molecule has 1 N–H and O–H groups in total. The van der Waals surface area contributed by atoms with Crippen molar-refractivity contribution >= 4 is 23.4 Å². The number of para-hydroxylation sites is 1. The van der Waals surface area contributed by atoms with Crippen molar-refractivity contribution in [1.82, 2.24) is 0 Å². The number of hydrogen-bond acceptors (Lipinski definition) is 2. The highest BCUT2D eigenvalue weighted by Crippen LogP contribution is 2.27. The summed E-state index contributed by atoms with van der Waals surface area (Å²) in [6, 6.07) is 12.0. The highest BCUT2D eigenvalue weighted by molar-refractivity contribution is 7.99. The van der Waals surface area contributed by atoms with Gasteiger partial charge >= 0.3 is 0 Å². The highest BCUT2D eigenvalue weighted by Gasteiger charge is 2.10. The third-order valence-corrected chi connectivity index (χ3v) is 4.00. The average molecular weight is 301 g/mol. The SMILES string of the molecule is C=CCSc1ccccc1NC(=O)c1ccc(C)c(F)c1. The Morgan fingerprint density at radius 1 is 1.33 bits per heavy atom. The van der Waals surface area contributed by atoms with Crippen LogP contribution in [-0.4, -0.2) is 11.7 Å². The Balaban J connectivity index is 2.19. The number of amides is 1. The fourth-order valence-electron chi connectivity index (χ4n) is 1.77. The summed E-state index contributed by atoms with van der Waals surface area (Å²) in [5.41, 5.74) is 1.55. The minimum Gasteiger partial charge on any atom is -0.321 e. The van der Waals surface area contributed by atoms with Gasteiger partial charge in [0.15, 0.2) is 0 Å². The standard InChI is InChI=1S/C17H16FNOS/c1-3-10-21-16-7-5-4-6-15(16)19-17(20)13-9-8-12(2)14(18)11-13/h3-9,11H,1,10H2,2H3,(H,19,20). The van der Waals surface area contributed by atoms with E-state index in [-0.39, 0.29) is 11.7 Å². The lowest BCUT2D eigenvalue weighted by Gasteiger charge is -2.10. The molecule has 2 nitrogen and oxygen atoms in total. The smallest absolute Gasteiger partial charge is 0.255 e. The van der Waals surface area contributed by atoms with Gasteiger partial charge in [0.05, 0.1) is 5.69 Å². The van der Waals surface area contributed by atoms with Gasteiger partial charge in [-0.1, -0.05) is 24.3 Å². The molecule has 0 saturated heterocycles. The van der Waals surface area contributed by atoms with Crippen LogP contribution in [-0.2, 0) is 0 Å². The van der Waals surface area contributed by atoms with E-state index in [1.54, 1.807) is 36.9 Å². The number of halogens is 1. The molecule has 2 aromatic carbocycles. The van der Waals surface area contributed by atoms with Crippen LogP contribution in [0.25, 0.3) is 0 Å². The maximum absolute atomic E-state index is 13.5. The number of aryl methyl sites for hydroxylation is 1. The molecule has 0 aliphatic heterocycles. The Kier molecular flexibility index (Phi) is 5.17. The summed E-state index contributed by atoms with van der Waals surface area (Å²) in [6.07, 6.45) is 1.80. The Morgan fingerprint density at radius 2 is 2.10 bits per heavy atom. The summed E-state index contributed by atoms with van der Waals surface area (Å²) in [5.74, 6) is 0.0593. The molecule has 2 aromatic rings. The molecule has 0 atom stereocenters. The topological polar surface area (TPSA) is 29.1 Å². The zero-order valence-corrected chi connectivity index (χ0v) is 12.5. The number of thioether (sulfide) groups is 1. The molecular weight excluding hydrogens is 285 g/mol. The van der Waals surface area contributed by atoms with E-state index >= 15 is 0 Å². The van der Waals surface area contributed by atoms with Crippen LogP contribution < -0.4 is 5.32 Å². The molecule has 108 valence electrons. The van der Waals surface area contributed by atoms with Gasteiger partial charge in [0.25, 0.3) is 5.91 Å². The van der Waals surface area contributed by atoms with Crippen LogP contribution in [0.2, 0.25) is 0 Å². The second-order valence-corrected chi connectivity index (χ2v) is 5.58. The summed E-state index contributed by atoms with van der Waals surface area (Å²) in [5, 5.41) is 2.82. The summed E-state index contributed by atoms with van der Waals surface area (Å²) in [7, 11) is 0. The van der Waals surface area contributed by atoms with Crippen molar-refractivity contribution in [3.05, 3.63) is 72.1 Å². The largest absolute Gasteiger partial charge is 0.321 e. The molecule has 0 heterocycles. The zero-order chi connectivity index (χ0) is 15.2. The van der Waals surface area contributed by atoms with Crippen molar-refractivity contribution in [3.63, 3.8) is 0 Å². The first-order valence-electron chi connectivity index (χ1n) is 6.52. The summed E-state index contributed by atoms with van der Waals surface area (Å²) < 4.78 is 13.5. The third kappa shape index (κ3) is 3.95. The summed E-state index contributed by atoms with van der Waals surface area (Å²) in [4.78, 5) is 13.2. The van der Waals surface area contributed by atoms with E-state index in [0.29, 0.717) is 11.1 Å². The highest BCUT2D eigenvalue weighted by atomic mass is 32.2. The lowest BCUT2D eigenvalue weighted by Crippen LogP contribution is -2.13. The first kappa shape index (κ1) is 15.3. The van der Waals surface area contributed by atoms with E-state index in [1.165, 1.54) is 6.07 Å². The van der Waals surface area contributed by atoms with Crippen LogP contribution in [0, 0.1) is 12.7 Å². The number of nitrogens with one attached hydrogen (secondary N) is 1. The number of carbonyl (C=O) groups excluding carboxylic acids is 1. The summed E-state index contributed by atoms with van der Waals surface area (Å²) in [6.45, 7) is 5.35. The van der Waals surface area contributed by atoms with E-state index in [0.717, 1.165) is 16.3 Å². The Morgan fingerprint density at radius 3 is 2.81 bits per heavy atom. The molecule has 0 unspecified atom stereocenters. The quantitative estimate of drug-likeness (QED) is 0.642. The molecule has 0 aliphatic carbocycles. The number of carbonyl (C=O) groups is 1. The van der Waals surface area contributed by atoms with E-state index in [9.17, 15) is 9.18 Å². The van der Waals surface area contributed by atoms with Crippen LogP contribution in [0.4, 0.5) is 10.1 Å². The average Bonchev–Trinajstić information content (AvgIpc) is 2.49. The molecule has 4 heteroatoms. The van der Waals surface area contributed by atoms with Gasteiger partial charge in [-0.25, -0.2) is 4.39 Å². The van der Waals surface area contributed by atoms with Crippen LogP contribution >= 0.6 is 11.8 Å². The number of anilines is 1. The minimum atomic E-state index is -0.378. The molecule has 0 bridgehead atoms. The monoisotopic (exact) mass is 301 g/mol. The third-order valence-electron chi connectivity index (χ3n) is 2.93. The molecule has 0 aliphatic rings. The van der Waals surface area contributed by atoms with E-state index < -0.39 is 0 Å². The van der Waals surface area contributed by atoms with Crippen molar-refractivity contribution in [2.75, 3.05) is 11.1 Å². The van der Waals surface area contributed by atoms with Crippen LogP contribution in [0.1, 0.15) is 15.9 Å². The molecule has 1 amide bonds. The minimum absolute atomic E-state index is 0.307. The maximum atomic E-state index is 13.5. The second-order valence-electron chi connectivity index (χ2n) is 4.51. The Hall–Kier alpha value is -2.07. The van der Waals surface area contributed by atoms with Crippen molar-refractivity contribution in [1.29, 1.82) is 0 Å². The molecule has 21 heavy (non-hydrogen) atoms. The van der Waals surface area contributed by atoms with Crippen molar-refractivity contribution < 1.29 is 9.18 Å². The van der Waals surface area contributed by atoms with E-state index in [2.05, 4.69) is 11.9 Å². The Bertz CT molecular complexity index is 670. The molecular formula is C17H16FNOS. The van der Waals surface area contributed by atoms with E-state index in [1.807, 2.05) is 24.3 Å². The van der Waals surface area contributed by atoms with Gasteiger partial charge in [-0.3, -0.25) is 4.79 Å². The molecule has 0 radical (unpaired) electrons. The van der Waals surface area contributed by atoms with Crippen molar-refractivity contribution in [3.8, 4) is 0 Å². The molecule has 2 rings (SSSR count). The first-order chi connectivity index (χ1) is 10.1. The number of hydrogen-bond donors (Lipinski definition) is 1. The van der Waals surface area contributed by atoms with Gasteiger partial charge < -0.3 is 5.32 Å². The summed E-state index contributed by atoms with van der Waals surface area (Å²) >= 11 is 1.58. The number of benzene rings is 2. The zero-order valence-electron chi connectivity index (χ0n) is 11.7. The molecule has 0 aromatic heterocycles. The molecule has 0 fully saturated rings. The predicted molar refractivity (Wildman–Crippen MR) is 86.5 cm³/mol. The Labute approximate surface area is 128 Å². The van der Waals surface area contributed by atoms with Crippen LogP contribution in [0.15, 0.2) is 60.0 Å². The number of rotatable bonds is 5. The fourth-order valence-corrected chi connectivity index (χ4v) is 2.52. The fraction of sp³-hybridized carbons (Fsp3) is 0.118. The van der Waals surface area contributed by atoms with Crippen molar-refractivity contribution in [2.45, 2.75) is 11.8 Å². The van der Waals surface area contributed by atoms with Gasteiger partial charge in [-0.15, -0.1) is 18.3 Å². The lowest BCUT2D eigenvalue weighted by atomic mass is 10.1. The van der Waals surface area contributed by atoms with Gasteiger partial charge in [0, 0.05) is 16.2 Å². The second kappa shape index (κ2) is 7.09. The molecule has 0 spiro atoms. The normalized spacial score (nSPS) is 10.2. The van der Waals surface area contributed by atoms with Gasteiger partial charge in [0.1, 0.15) is 5.82 Å². The predicted octanol–water partition coefficient (Wildman–Crippen LogP) is 4.66. The first-order valence-corrected chi connectivity index (χ1v) is 7.50. The maximum Gasteiger partial charge on any atom is 0.255 e. The van der Waals surface area contributed by atoms with Crippen LogP contribution in [0.5, 0.6) is 0 Å². The van der Waals surface area contributed by atoms with Crippen molar-refractivity contribution in [2.24, 2.45) is 0 Å². The van der Waals surface area contributed by atoms with Gasteiger partial charge in [0.2, 0.25) is 0 Å². The van der Waals surface area contributed by atoms with Gasteiger partial charge in [-0.2, -0.15) is 0 Å².